The third-order valence-electron chi connectivity index (χ3n) is 15.8. The summed E-state index contributed by atoms with van der Waals surface area (Å²) in [6, 6.07) is -0.546. The summed E-state index contributed by atoms with van der Waals surface area (Å²) in [6.45, 7) is 4.95. The van der Waals surface area contributed by atoms with Crippen molar-refractivity contribution < 1.29 is 24.5 Å². The monoisotopic (exact) mass is 1040 g/mol. The molecular weight excluding hydrogens is 911 g/mol. The third kappa shape index (κ3) is 59.6. The Hall–Kier alpha value is -1.66. The Kier molecular flexibility index (Phi) is 62.4. The van der Waals surface area contributed by atoms with Gasteiger partial charge in [0, 0.05) is 12.8 Å². The lowest BCUT2D eigenvalue weighted by Gasteiger charge is -2.22. The third-order valence-corrected chi connectivity index (χ3v) is 15.8. The summed E-state index contributed by atoms with van der Waals surface area (Å²) < 4.78 is 5.50. The average Bonchev–Trinajstić information content (AvgIpc) is 3.40. The van der Waals surface area contributed by atoms with Gasteiger partial charge in [0.15, 0.2) is 0 Å². The molecule has 6 nitrogen and oxygen atoms in total. The molecule has 438 valence electrons. The minimum atomic E-state index is -0.668. The molecule has 0 aliphatic rings. The molecule has 0 spiro atoms. The molecule has 2 atom stereocenters. The van der Waals surface area contributed by atoms with E-state index in [9.17, 15) is 19.8 Å². The Bertz CT molecular complexity index is 1150. The molecular formula is C68H131NO5. The normalized spacial score (nSPS) is 12.6. The summed E-state index contributed by atoms with van der Waals surface area (Å²) in [5, 5.41) is 23.4. The molecule has 0 saturated heterocycles. The highest BCUT2D eigenvalue weighted by Gasteiger charge is 2.20. The molecule has 0 heterocycles. The van der Waals surface area contributed by atoms with Crippen molar-refractivity contribution in [2.75, 3.05) is 13.2 Å². The Morgan fingerprint density at radius 3 is 1.05 bits per heavy atom. The van der Waals surface area contributed by atoms with Crippen LogP contribution in [-0.2, 0) is 14.3 Å². The maximum atomic E-state index is 12.5. The van der Waals surface area contributed by atoms with Crippen molar-refractivity contribution in [2.45, 2.75) is 386 Å². The van der Waals surface area contributed by atoms with Crippen LogP contribution in [0.2, 0.25) is 0 Å². The molecule has 0 rings (SSSR count). The molecule has 0 aromatic carbocycles. The number of carbonyl (C=O) groups excluding carboxylic acids is 2. The van der Waals surface area contributed by atoms with E-state index in [1.54, 1.807) is 0 Å². The summed E-state index contributed by atoms with van der Waals surface area (Å²) >= 11 is 0. The molecule has 0 fully saturated rings. The first-order chi connectivity index (χ1) is 36.5. The number of nitrogens with one attached hydrogen (secondary N) is 1. The Morgan fingerprint density at radius 1 is 0.378 bits per heavy atom. The number of aliphatic hydroxyl groups is 2. The maximum Gasteiger partial charge on any atom is 0.305 e. The van der Waals surface area contributed by atoms with Gasteiger partial charge in [-0.15, -0.1) is 0 Å². The van der Waals surface area contributed by atoms with Crippen LogP contribution < -0.4 is 5.32 Å². The van der Waals surface area contributed by atoms with Gasteiger partial charge in [-0.25, -0.2) is 0 Å². The second kappa shape index (κ2) is 63.9. The van der Waals surface area contributed by atoms with Gasteiger partial charge in [0.05, 0.1) is 25.4 Å². The van der Waals surface area contributed by atoms with Crippen LogP contribution in [0.25, 0.3) is 0 Å². The van der Waals surface area contributed by atoms with E-state index < -0.39 is 12.1 Å². The minimum Gasteiger partial charge on any atom is -0.466 e. The number of hydrogen-bond acceptors (Lipinski definition) is 5. The second-order valence-electron chi connectivity index (χ2n) is 23.2. The van der Waals surface area contributed by atoms with Gasteiger partial charge >= 0.3 is 5.97 Å². The zero-order valence-electron chi connectivity index (χ0n) is 50.1. The number of esters is 1. The zero-order valence-corrected chi connectivity index (χ0v) is 50.1. The van der Waals surface area contributed by atoms with Crippen molar-refractivity contribution in [3.05, 3.63) is 24.3 Å². The first kappa shape index (κ1) is 72.3. The molecule has 6 heteroatoms. The number of ether oxygens (including phenoxy) is 1. The van der Waals surface area contributed by atoms with E-state index in [2.05, 4.69) is 43.5 Å². The van der Waals surface area contributed by atoms with Crippen LogP contribution in [0.5, 0.6) is 0 Å². The van der Waals surface area contributed by atoms with E-state index in [1.165, 1.54) is 289 Å². The largest absolute Gasteiger partial charge is 0.466 e. The SMILES string of the molecule is CCCCC/C=C\C/C=C\CCCCCCCCCCCC(=O)OCCCCCCCCCCCCCCCCCCCCC(=O)NC(CO)C(O)CCCCCCCCCCCCCCCCCCCCCC. The highest BCUT2D eigenvalue weighted by atomic mass is 16.5. The van der Waals surface area contributed by atoms with Gasteiger partial charge in [-0.1, -0.05) is 327 Å². The van der Waals surface area contributed by atoms with Crippen LogP contribution in [-0.4, -0.2) is 47.4 Å². The molecule has 74 heavy (non-hydrogen) atoms. The fourth-order valence-corrected chi connectivity index (χ4v) is 10.6. The molecule has 0 aliphatic carbocycles. The summed E-state index contributed by atoms with van der Waals surface area (Å²) in [5.74, 6) is -0.0306. The Morgan fingerprint density at radius 2 is 0.676 bits per heavy atom. The standard InChI is InChI=1S/C68H131NO5/c1-3-5-7-9-11-13-15-17-19-21-23-25-28-32-36-40-44-48-52-56-60-66(71)65(64-70)69-67(72)61-57-53-49-45-41-37-33-29-26-27-31-35-39-43-47-51-55-59-63-74-68(73)62-58-54-50-46-42-38-34-30-24-22-20-18-16-14-12-10-8-6-4-2/h12,14,18,20,65-66,70-71H,3-11,13,15-17,19,21-64H2,1-2H3,(H,69,72)/b14-12-,20-18-. The van der Waals surface area contributed by atoms with Crippen molar-refractivity contribution in [1.82, 2.24) is 5.32 Å². The zero-order chi connectivity index (χ0) is 53.6. The van der Waals surface area contributed by atoms with E-state index in [0.29, 0.717) is 25.9 Å². The van der Waals surface area contributed by atoms with Crippen molar-refractivity contribution in [3.8, 4) is 0 Å². The predicted molar refractivity (Wildman–Crippen MR) is 324 cm³/mol. The van der Waals surface area contributed by atoms with Crippen molar-refractivity contribution in [2.24, 2.45) is 0 Å². The number of hydrogen-bond donors (Lipinski definition) is 3. The van der Waals surface area contributed by atoms with E-state index in [4.69, 9.17) is 4.74 Å². The van der Waals surface area contributed by atoms with Crippen LogP contribution in [0.1, 0.15) is 373 Å². The quantitative estimate of drug-likeness (QED) is 0.0320. The van der Waals surface area contributed by atoms with Crippen molar-refractivity contribution in [3.63, 3.8) is 0 Å². The van der Waals surface area contributed by atoms with Crippen LogP contribution in [0.4, 0.5) is 0 Å². The molecule has 0 aliphatic heterocycles. The van der Waals surface area contributed by atoms with Crippen LogP contribution in [0.3, 0.4) is 0 Å². The molecule has 2 unspecified atom stereocenters. The summed E-state index contributed by atoms with van der Waals surface area (Å²) in [5.41, 5.74) is 0. The minimum absolute atomic E-state index is 0.00459. The molecule has 3 N–H and O–H groups in total. The van der Waals surface area contributed by atoms with E-state index in [-0.39, 0.29) is 18.5 Å². The molecule has 0 bridgehead atoms. The lowest BCUT2D eigenvalue weighted by molar-refractivity contribution is -0.143. The van der Waals surface area contributed by atoms with Gasteiger partial charge in [-0.05, 0) is 57.8 Å². The first-order valence-corrected chi connectivity index (χ1v) is 33.6. The van der Waals surface area contributed by atoms with Crippen LogP contribution >= 0.6 is 0 Å². The van der Waals surface area contributed by atoms with Crippen LogP contribution in [0.15, 0.2) is 24.3 Å². The van der Waals surface area contributed by atoms with Gasteiger partial charge in [0.2, 0.25) is 5.91 Å². The van der Waals surface area contributed by atoms with E-state index >= 15 is 0 Å². The smallest absolute Gasteiger partial charge is 0.305 e. The topological polar surface area (TPSA) is 95.9 Å². The number of amides is 1. The van der Waals surface area contributed by atoms with Crippen molar-refractivity contribution in [1.29, 1.82) is 0 Å². The number of unbranched alkanes of at least 4 members (excludes halogenated alkanes) is 48. The lowest BCUT2D eigenvalue weighted by Crippen LogP contribution is -2.45. The molecule has 0 saturated carbocycles. The highest BCUT2D eigenvalue weighted by Crippen LogP contribution is 2.19. The van der Waals surface area contributed by atoms with Crippen molar-refractivity contribution >= 4 is 11.9 Å². The average molecular weight is 1040 g/mol. The van der Waals surface area contributed by atoms with Gasteiger partial charge in [-0.2, -0.15) is 0 Å². The van der Waals surface area contributed by atoms with Gasteiger partial charge < -0.3 is 20.3 Å². The number of rotatable bonds is 63. The number of allylic oxidation sites excluding steroid dienone is 4. The molecule has 0 radical (unpaired) electrons. The molecule has 1 amide bonds. The number of carbonyl (C=O) groups is 2. The molecule has 0 aromatic heterocycles. The highest BCUT2D eigenvalue weighted by molar-refractivity contribution is 5.76. The molecule has 0 aromatic rings. The van der Waals surface area contributed by atoms with Crippen LogP contribution in [0, 0.1) is 0 Å². The summed E-state index contributed by atoms with van der Waals surface area (Å²) in [6.07, 6.45) is 79.1. The van der Waals surface area contributed by atoms with E-state index in [1.807, 2.05) is 0 Å². The predicted octanol–water partition coefficient (Wildman–Crippen LogP) is 21.4. The Balaban J connectivity index is 3.39. The Labute approximate surface area is 462 Å². The second-order valence-corrected chi connectivity index (χ2v) is 23.2. The fourth-order valence-electron chi connectivity index (χ4n) is 10.6. The van der Waals surface area contributed by atoms with E-state index in [0.717, 1.165) is 51.4 Å². The first-order valence-electron chi connectivity index (χ1n) is 33.6. The fraction of sp³-hybridized carbons (Fsp3) is 0.912. The lowest BCUT2D eigenvalue weighted by atomic mass is 10.0. The number of aliphatic hydroxyl groups excluding tert-OH is 2. The van der Waals surface area contributed by atoms with Gasteiger partial charge in [-0.3, -0.25) is 9.59 Å². The van der Waals surface area contributed by atoms with Gasteiger partial charge in [0.1, 0.15) is 0 Å². The summed E-state index contributed by atoms with van der Waals surface area (Å²) in [4.78, 5) is 24.6. The summed E-state index contributed by atoms with van der Waals surface area (Å²) in [7, 11) is 0. The van der Waals surface area contributed by atoms with Gasteiger partial charge in [0.25, 0.3) is 0 Å². The maximum absolute atomic E-state index is 12.5.